The molecule has 0 aromatic heterocycles. The van der Waals surface area contributed by atoms with Crippen molar-refractivity contribution >= 4 is 27.5 Å². The van der Waals surface area contributed by atoms with Gasteiger partial charge >= 0.3 is 0 Å². The number of methoxy groups -OCH3 is 1. The summed E-state index contributed by atoms with van der Waals surface area (Å²) in [5, 5.41) is 3.39. The number of sulfonamides is 1. The first kappa shape index (κ1) is 20.6. The second kappa shape index (κ2) is 8.51. The fraction of sp³-hybridized carbons (Fsp3) is 0.350. The third-order valence-corrected chi connectivity index (χ3v) is 7.08. The third-order valence-electron chi connectivity index (χ3n) is 4.90. The first-order chi connectivity index (χ1) is 13.3. The van der Waals surface area contributed by atoms with E-state index in [4.69, 9.17) is 16.3 Å². The van der Waals surface area contributed by atoms with Crippen LogP contribution in [0.3, 0.4) is 0 Å². The van der Waals surface area contributed by atoms with E-state index in [0.717, 1.165) is 11.3 Å². The zero-order valence-electron chi connectivity index (χ0n) is 15.8. The smallest absolute Gasteiger partial charge is 0.243 e. The molecular formula is C20H23ClN2O4S. The number of hydrogen-bond acceptors (Lipinski definition) is 4. The molecule has 0 bridgehead atoms. The molecule has 2 aromatic rings. The van der Waals surface area contributed by atoms with E-state index in [1.165, 1.54) is 28.6 Å². The number of halogens is 1. The van der Waals surface area contributed by atoms with Gasteiger partial charge in [0.15, 0.2) is 0 Å². The Balaban J connectivity index is 1.74. The zero-order valence-corrected chi connectivity index (χ0v) is 17.3. The minimum atomic E-state index is -3.76. The van der Waals surface area contributed by atoms with E-state index >= 15 is 0 Å². The maximum atomic E-state index is 13.0. The lowest BCUT2D eigenvalue weighted by atomic mass is 10.1. The molecule has 1 heterocycles. The molecular weight excluding hydrogens is 400 g/mol. The third kappa shape index (κ3) is 4.32. The van der Waals surface area contributed by atoms with E-state index in [9.17, 15) is 13.2 Å². The summed E-state index contributed by atoms with van der Waals surface area (Å²) in [6.45, 7) is 2.19. The van der Waals surface area contributed by atoms with Crippen LogP contribution in [0.4, 0.5) is 0 Å². The summed E-state index contributed by atoms with van der Waals surface area (Å²) in [7, 11) is -2.17. The number of carbonyl (C=O) groups excluding carboxylic acids is 1. The number of amides is 1. The minimum Gasteiger partial charge on any atom is -0.497 e. The van der Waals surface area contributed by atoms with Gasteiger partial charge < -0.3 is 10.1 Å². The number of nitrogens with one attached hydrogen (secondary N) is 1. The van der Waals surface area contributed by atoms with E-state index in [0.29, 0.717) is 24.4 Å². The average Bonchev–Trinajstić information content (AvgIpc) is 3.19. The highest BCUT2D eigenvalue weighted by Crippen LogP contribution is 2.28. The zero-order chi connectivity index (χ0) is 20.3. The van der Waals surface area contributed by atoms with E-state index in [1.807, 2.05) is 31.2 Å². The highest BCUT2D eigenvalue weighted by Gasteiger charge is 2.39. The lowest BCUT2D eigenvalue weighted by Crippen LogP contribution is -2.46. The summed E-state index contributed by atoms with van der Waals surface area (Å²) in [6, 6.07) is 12.4. The number of ether oxygens (including phenoxy) is 1. The Morgan fingerprint density at radius 2 is 1.82 bits per heavy atom. The average molecular weight is 423 g/mol. The molecule has 28 heavy (non-hydrogen) atoms. The lowest BCUT2D eigenvalue weighted by Gasteiger charge is -2.25. The molecule has 2 atom stereocenters. The molecule has 1 amide bonds. The van der Waals surface area contributed by atoms with Crippen LogP contribution in [0.1, 0.15) is 31.4 Å². The van der Waals surface area contributed by atoms with Gasteiger partial charge in [0.05, 0.1) is 18.0 Å². The molecule has 1 aliphatic rings. The summed E-state index contributed by atoms with van der Waals surface area (Å²) in [5.74, 6) is 0.441. The first-order valence-electron chi connectivity index (χ1n) is 9.04. The van der Waals surface area contributed by atoms with Crippen LogP contribution in [-0.2, 0) is 14.8 Å². The summed E-state index contributed by atoms with van der Waals surface area (Å²) >= 11 is 5.85. The Morgan fingerprint density at radius 3 is 2.43 bits per heavy atom. The Labute approximate surface area is 170 Å². The molecule has 6 nitrogen and oxygen atoms in total. The van der Waals surface area contributed by atoms with Crippen LogP contribution in [0.2, 0.25) is 5.02 Å². The molecule has 8 heteroatoms. The molecule has 3 rings (SSSR count). The van der Waals surface area contributed by atoms with E-state index in [2.05, 4.69) is 5.32 Å². The molecule has 1 saturated heterocycles. The van der Waals surface area contributed by atoms with Crippen LogP contribution < -0.4 is 10.1 Å². The summed E-state index contributed by atoms with van der Waals surface area (Å²) in [5.41, 5.74) is 0.916. The van der Waals surface area contributed by atoms with Crippen molar-refractivity contribution in [3.8, 4) is 5.75 Å². The molecule has 1 N–H and O–H groups in total. The predicted molar refractivity (Wildman–Crippen MR) is 108 cm³/mol. The Bertz CT molecular complexity index is 930. The Kier molecular flexibility index (Phi) is 6.27. The largest absolute Gasteiger partial charge is 0.497 e. The SMILES string of the molecule is COc1ccc([C@H](C)NC(=O)[C@H]2CCCN2S(=O)(=O)c2ccc(Cl)cc2)cc1. The summed E-state index contributed by atoms with van der Waals surface area (Å²) < 4.78 is 32.4. The van der Waals surface area contributed by atoms with E-state index in [1.54, 1.807) is 7.11 Å². The van der Waals surface area contributed by atoms with Gasteiger partial charge in [-0.2, -0.15) is 4.31 Å². The fourth-order valence-electron chi connectivity index (χ4n) is 3.32. The number of carbonyl (C=O) groups is 1. The molecule has 1 fully saturated rings. The van der Waals surface area contributed by atoms with Gasteiger partial charge in [-0.05, 0) is 61.7 Å². The van der Waals surface area contributed by atoms with Crippen LogP contribution in [0.15, 0.2) is 53.4 Å². The van der Waals surface area contributed by atoms with Crippen LogP contribution in [0.5, 0.6) is 5.75 Å². The molecule has 0 radical (unpaired) electrons. The van der Waals surface area contributed by atoms with Gasteiger partial charge in [-0.1, -0.05) is 23.7 Å². The highest BCUT2D eigenvalue weighted by atomic mass is 35.5. The quantitative estimate of drug-likeness (QED) is 0.774. The number of nitrogens with zero attached hydrogens (tertiary/aromatic N) is 1. The van der Waals surface area contributed by atoms with Crippen LogP contribution >= 0.6 is 11.6 Å². The standard InChI is InChI=1S/C20H23ClN2O4S/c1-14(15-5-9-17(27-2)10-6-15)22-20(24)19-4-3-13-23(19)28(25,26)18-11-7-16(21)8-12-18/h5-12,14,19H,3-4,13H2,1-2H3,(H,22,24)/t14-,19+/m0/s1. The van der Waals surface area contributed by atoms with Crippen LogP contribution in [-0.4, -0.2) is 38.3 Å². The number of benzene rings is 2. The highest BCUT2D eigenvalue weighted by molar-refractivity contribution is 7.89. The molecule has 1 aliphatic heterocycles. The van der Waals surface area contributed by atoms with E-state index in [-0.39, 0.29) is 16.8 Å². The number of hydrogen-bond donors (Lipinski definition) is 1. The lowest BCUT2D eigenvalue weighted by molar-refractivity contribution is -0.124. The van der Waals surface area contributed by atoms with Gasteiger partial charge in [0, 0.05) is 11.6 Å². The van der Waals surface area contributed by atoms with Gasteiger partial charge in [0.2, 0.25) is 15.9 Å². The van der Waals surface area contributed by atoms with Crippen molar-refractivity contribution < 1.29 is 17.9 Å². The van der Waals surface area contributed by atoms with Gasteiger partial charge in [-0.25, -0.2) is 8.42 Å². The van der Waals surface area contributed by atoms with Crippen molar-refractivity contribution in [2.75, 3.05) is 13.7 Å². The van der Waals surface area contributed by atoms with Gasteiger partial charge in [0.1, 0.15) is 11.8 Å². The van der Waals surface area contributed by atoms with Crippen molar-refractivity contribution in [2.24, 2.45) is 0 Å². The van der Waals surface area contributed by atoms with E-state index < -0.39 is 16.1 Å². The van der Waals surface area contributed by atoms with Crippen LogP contribution in [0.25, 0.3) is 0 Å². The van der Waals surface area contributed by atoms with Crippen molar-refractivity contribution in [3.05, 3.63) is 59.1 Å². The summed E-state index contributed by atoms with van der Waals surface area (Å²) in [6.07, 6.45) is 1.13. The molecule has 2 aromatic carbocycles. The van der Waals surface area contributed by atoms with Crippen LogP contribution in [0, 0.1) is 0 Å². The number of rotatable bonds is 6. The Hall–Kier alpha value is -2.09. The second-order valence-electron chi connectivity index (χ2n) is 6.73. The summed E-state index contributed by atoms with van der Waals surface area (Å²) in [4.78, 5) is 13.0. The molecule has 0 aliphatic carbocycles. The topological polar surface area (TPSA) is 75.7 Å². The first-order valence-corrected chi connectivity index (χ1v) is 10.9. The van der Waals surface area contributed by atoms with Crippen molar-refractivity contribution in [3.63, 3.8) is 0 Å². The molecule has 0 saturated carbocycles. The van der Waals surface area contributed by atoms with Gasteiger partial charge in [-0.15, -0.1) is 0 Å². The van der Waals surface area contributed by atoms with Gasteiger partial charge in [-0.3, -0.25) is 4.79 Å². The maximum Gasteiger partial charge on any atom is 0.243 e. The maximum absolute atomic E-state index is 13.0. The second-order valence-corrected chi connectivity index (χ2v) is 9.06. The van der Waals surface area contributed by atoms with Gasteiger partial charge in [0.25, 0.3) is 0 Å². The monoisotopic (exact) mass is 422 g/mol. The fourth-order valence-corrected chi connectivity index (χ4v) is 5.10. The normalized spacial score (nSPS) is 18.6. The molecule has 0 spiro atoms. The predicted octanol–water partition coefficient (Wildman–Crippen LogP) is 3.38. The van der Waals surface area contributed by atoms with Crippen molar-refractivity contribution in [1.82, 2.24) is 9.62 Å². The van der Waals surface area contributed by atoms with Crippen molar-refractivity contribution in [2.45, 2.75) is 36.7 Å². The molecule has 0 unspecified atom stereocenters. The molecule has 150 valence electrons. The minimum absolute atomic E-state index is 0.139. The van der Waals surface area contributed by atoms with Crippen molar-refractivity contribution in [1.29, 1.82) is 0 Å². The Morgan fingerprint density at radius 1 is 1.18 bits per heavy atom.